The fourth-order valence-electron chi connectivity index (χ4n) is 2.36. The van der Waals surface area contributed by atoms with Gasteiger partial charge >= 0.3 is 5.97 Å². The Hall–Kier alpha value is -3.21. The lowest BCUT2D eigenvalue weighted by Crippen LogP contribution is -2.17. The zero-order chi connectivity index (χ0) is 16.2. The third kappa shape index (κ3) is 2.89. The molecule has 0 unspecified atom stereocenters. The van der Waals surface area contributed by atoms with Crippen LogP contribution in [0.4, 0.5) is 5.69 Å². The van der Waals surface area contributed by atoms with Gasteiger partial charge in [-0.25, -0.2) is 4.79 Å². The van der Waals surface area contributed by atoms with Gasteiger partial charge in [-0.05, 0) is 24.3 Å². The van der Waals surface area contributed by atoms with Gasteiger partial charge in [-0.2, -0.15) is 0 Å². The van der Waals surface area contributed by atoms with E-state index < -0.39 is 5.97 Å². The second kappa shape index (κ2) is 6.27. The lowest BCUT2D eigenvalue weighted by atomic mass is 10.1. The summed E-state index contributed by atoms with van der Waals surface area (Å²) in [7, 11) is 1.28. The first-order valence-electron chi connectivity index (χ1n) is 7.03. The highest BCUT2D eigenvalue weighted by Crippen LogP contribution is 2.22. The van der Waals surface area contributed by atoms with Crippen molar-refractivity contribution in [1.29, 1.82) is 0 Å². The van der Waals surface area contributed by atoms with E-state index in [1.807, 2.05) is 24.3 Å². The summed E-state index contributed by atoms with van der Waals surface area (Å²) in [6, 6.07) is 15.8. The monoisotopic (exact) mass is 306 g/mol. The molecule has 0 aliphatic carbocycles. The van der Waals surface area contributed by atoms with Crippen LogP contribution in [0.1, 0.15) is 20.7 Å². The zero-order valence-corrected chi connectivity index (χ0v) is 12.4. The van der Waals surface area contributed by atoms with Crippen molar-refractivity contribution in [3.05, 3.63) is 71.9 Å². The largest absolute Gasteiger partial charge is 0.465 e. The number of hydrogen-bond acceptors (Lipinski definition) is 4. The van der Waals surface area contributed by atoms with Crippen LogP contribution < -0.4 is 5.32 Å². The molecule has 114 valence electrons. The summed E-state index contributed by atoms with van der Waals surface area (Å²) in [5, 5.41) is 3.73. The van der Waals surface area contributed by atoms with Crippen LogP contribution in [0.5, 0.6) is 0 Å². The third-order valence-corrected chi connectivity index (χ3v) is 3.46. The highest BCUT2D eigenvalue weighted by Gasteiger charge is 2.17. The van der Waals surface area contributed by atoms with Crippen LogP contribution in [0.15, 0.2) is 60.8 Å². The highest BCUT2D eigenvalue weighted by molar-refractivity contribution is 6.13. The lowest BCUT2D eigenvalue weighted by molar-refractivity contribution is 0.0597. The number of pyridine rings is 1. The van der Waals surface area contributed by atoms with Crippen LogP contribution in [-0.4, -0.2) is 24.0 Å². The Labute approximate surface area is 132 Å². The molecule has 0 spiro atoms. The summed E-state index contributed by atoms with van der Waals surface area (Å²) < 4.78 is 4.72. The fourth-order valence-corrected chi connectivity index (χ4v) is 2.36. The molecule has 23 heavy (non-hydrogen) atoms. The highest BCUT2D eigenvalue weighted by atomic mass is 16.5. The Bertz CT molecular complexity index is 885. The number of hydrogen-bond donors (Lipinski definition) is 1. The fraction of sp³-hybridized carbons (Fsp3) is 0.0556. The van der Waals surface area contributed by atoms with E-state index in [1.165, 1.54) is 7.11 Å². The van der Waals surface area contributed by atoms with Crippen molar-refractivity contribution in [1.82, 2.24) is 4.98 Å². The number of aromatic nitrogens is 1. The molecular weight excluding hydrogens is 292 g/mol. The van der Waals surface area contributed by atoms with E-state index in [0.29, 0.717) is 11.2 Å². The van der Waals surface area contributed by atoms with Gasteiger partial charge in [0.25, 0.3) is 5.91 Å². The van der Waals surface area contributed by atoms with Gasteiger partial charge in [-0.1, -0.05) is 30.3 Å². The molecule has 0 bridgehead atoms. The molecule has 0 saturated carbocycles. The standard InChI is InChI=1S/C18H14N2O3/c1-23-18(22)14-9-3-2-8-13(14)17(21)20-15-10-4-6-12-7-5-11-19-16(12)15/h2-11H,1H3,(H,20,21). The van der Waals surface area contributed by atoms with Gasteiger partial charge in [0.1, 0.15) is 0 Å². The smallest absolute Gasteiger partial charge is 0.338 e. The van der Waals surface area contributed by atoms with E-state index in [2.05, 4.69) is 10.3 Å². The van der Waals surface area contributed by atoms with E-state index in [1.54, 1.807) is 36.5 Å². The topological polar surface area (TPSA) is 68.3 Å². The van der Waals surface area contributed by atoms with Crippen LogP contribution in [0.25, 0.3) is 10.9 Å². The van der Waals surface area contributed by atoms with Gasteiger partial charge < -0.3 is 10.1 Å². The Morgan fingerprint density at radius 1 is 0.957 bits per heavy atom. The minimum Gasteiger partial charge on any atom is -0.465 e. The predicted octanol–water partition coefficient (Wildman–Crippen LogP) is 3.27. The first kappa shape index (κ1) is 14.7. The van der Waals surface area contributed by atoms with Crippen molar-refractivity contribution >= 4 is 28.5 Å². The molecule has 0 atom stereocenters. The molecule has 1 aromatic heterocycles. The van der Waals surface area contributed by atoms with Crippen LogP contribution in [0, 0.1) is 0 Å². The van der Waals surface area contributed by atoms with Crippen molar-refractivity contribution in [3.8, 4) is 0 Å². The first-order chi connectivity index (χ1) is 11.2. The van der Waals surface area contributed by atoms with E-state index >= 15 is 0 Å². The molecule has 1 N–H and O–H groups in total. The number of carbonyl (C=O) groups excluding carboxylic acids is 2. The minimum atomic E-state index is -0.549. The van der Waals surface area contributed by atoms with Gasteiger partial charge in [-0.15, -0.1) is 0 Å². The third-order valence-electron chi connectivity index (χ3n) is 3.46. The van der Waals surface area contributed by atoms with Crippen molar-refractivity contribution in [2.24, 2.45) is 0 Å². The number of para-hydroxylation sites is 1. The molecule has 0 fully saturated rings. The number of carbonyl (C=O) groups is 2. The van der Waals surface area contributed by atoms with Crippen molar-refractivity contribution in [3.63, 3.8) is 0 Å². The Morgan fingerprint density at radius 3 is 2.48 bits per heavy atom. The maximum Gasteiger partial charge on any atom is 0.338 e. The van der Waals surface area contributed by atoms with Gasteiger partial charge in [0.15, 0.2) is 0 Å². The van der Waals surface area contributed by atoms with Crippen molar-refractivity contribution in [2.45, 2.75) is 0 Å². The molecular formula is C18H14N2O3. The molecule has 5 nitrogen and oxygen atoms in total. The molecule has 3 rings (SSSR count). The minimum absolute atomic E-state index is 0.223. The van der Waals surface area contributed by atoms with Gasteiger partial charge in [-0.3, -0.25) is 9.78 Å². The summed E-state index contributed by atoms with van der Waals surface area (Å²) >= 11 is 0. The maximum atomic E-state index is 12.6. The molecule has 5 heteroatoms. The molecule has 0 aliphatic heterocycles. The van der Waals surface area contributed by atoms with Crippen LogP contribution in [0.3, 0.4) is 0 Å². The summed E-state index contributed by atoms with van der Waals surface area (Å²) in [5.41, 5.74) is 1.76. The number of methoxy groups -OCH3 is 1. The molecule has 1 amide bonds. The zero-order valence-electron chi connectivity index (χ0n) is 12.4. The Morgan fingerprint density at radius 2 is 1.70 bits per heavy atom. The summed E-state index contributed by atoms with van der Waals surface area (Å²) in [4.78, 5) is 28.6. The van der Waals surface area contributed by atoms with Crippen molar-refractivity contribution < 1.29 is 14.3 Å². The number of rotatable bonds is 3. The van der Waals surface area contributed by atoms with Gasteiger partial charge in [0.05, 0.1) is 29.4 Å². The van der Waals surface area contributed by atoms with Gasteiger partial charge in [0, 0.05) is 11.6 Å². The summed E-state index contributed by atoms with van der Waals surface area (Å²) in [6.45, 7) is 0. The lowest BCUT2D eigenvalue weighted by Gasteiger charge is -2.10. The van der Waals surface area contributed by atoms with E-state index in [9.17, 15) is 9.59 Å². The molecule has 2 aromatic carbocycles. The second-order valence-corrected chi connectivity index (χ2v) is 4.87. The summed E-state index contributed by atoms with van der Waals surface area (Å²) in [6.07, 6.45) is 1.67. The second-order valence-electron chi connectivity index (χ2n) is 4.87. The van der Waals surface area contributed by atoms with Crippen molar-refractivity contribution in [2.75, 3.05) is 12.4 Å². The number of amides is 1. The molecule has 3 aromatic rings. The quantitative estimate of drug-likeness (QED) is 0.754. The maximum absolute atomic E-state index is 12.6. The average Bonchev–Trinajstić information content (AvgIpc) is 2.61. The number of benzene rings is 2. The Balaban J connectivity index is 1.98. The van der Waals surface area contributed by atoms with Crippen LogP contribution in [0.2, 0.25) is 0 Å². The SMILES string of the molecule is COC(=O)c1ccccc1C(=O)Nc1cccc2cccnc12. The number of anilines is 1. The predicted molar refractivity (Wildman–Crippen MR) is 87.5 cm³/mol. The average molecular weight is 306 g/mol. The molecule has 0 aliphatic rings. The molecule has 0 saturated heterocycles. The molecule has 0 radical (unpaired) electrons. The van der Waals surface area contributed by atoms with Gasteiger partial charge in [0.2, 0.25) is 0 Å². The molecule has 1 heterocycles. The normalized spacial score (nSPS) is 10.3. The summed E-state index contributed by atoms with van der Waals surface area (Å²) in [5.74, 6) is -0.934. The van der Waals surface area contributed by atoms with Crippen LogP contribution in [-0.2, 0) is 4.74 Å². The number of nitrogens with one attached hydrogen (secondary N) is 1. The van der Waals surface area contributed by atoms with E-state index in [-0.39, 0.29) is 17.0 Å². The van der Waals surface area contributed by atoms with Crippen LogP contribution >= 0.6 is 0 Å². The number of fused-ring (bicyclic) bond motifs is 1. The van der Waals surface area contributed by atoms with E-state index in [0.717, 1.165) is 5.39 Å². The number of nitrogens with zero attached hydrogens (tertiary/aromatic N) is 1. The number of esters is 1. The van der Waals surface area contributed by atoms with E-state index in [4.69, 9.17) is 4.74 Å². The number of ether oxygens (including phenoxy) is 1. The Kier molecular flexibility index (Phi) is 4.01. The first-order valence-corrected chi connectivity index (χ1v) is 7.03.